The molecule has 18 heavy (non-hydrogen) atoms. The van der Waals surface area contributed by atoms with E-state index in [9.17, 15) is 0 Å². The van der Waals surface area contributed by atoms with Crippen molar-refractivity contribution in [2.75, 3.05) is 50.1 Å². The molecule has 0 radical (unpaired) electrons. The topological polar surface area (TPSA) is 31.4 Å². The first-order chi connectivity index (χ1) is 8.54. The van der Waals surface area contributed by atoms with Crippen molar-refractivity contribution in [3.05, 3.63) is 16.7 Å². The average Bonchev–Trinajstić information content (AvgIpc) is 2.29. The van der Waals surface area contributed by atoms with Crippen LogP contribution in [-0.4, -0.2) is 50.4 Å². The number of rotatable bonds is 7. The lowest BCUT2D eigenvalue weighted by atomic mass is 10.3. The third kappa shape index (κ3) is 5.04. The summed E-state index contributed by atoms with van der Waals surface area (Å²) >= 11 is 5.03. The van der Waals surface area contributed by atoms with Gasteiger partial charge in [0.15, 0.2) is 5.82 Å². The van der Waals surface area contributed by atoms with Gasteiger partial charge in [-0.1, -0.05) is 11.9 Å². The van der Waals surface area contributed by atoms with Crippen LogP contribution in [0.5, 0.6) is 0 Å². The lowest BCUT2D eigenvalue weighted by molar-refractivity contribution is 0.401. The molecule has 0 fully saturated rings. The van der Waals surface area contributed by atoms with Crippen LogP contribution in [0.25, 0.3) is 0 Å². The Morgan fingerprint density at radius 3 is 2.67 bits per heavy atom. The average molecular weight is 333 g/mol. The van der Waals surface area contributed by atoms with E-state index in [2.05, 4.69) is 62.6 Å². The van der Waals surface area contributed by atoms with Crippen LogP contribution in [0, 0.1) is 0 Å². The molecule has 0 bridgehead atoms. The number of hydrogen-bond donors (Lipinski definition) is 1. The summed E-state index contributed by atoms with van der Waals surface area (Å²) in [5.41, 5.74) is 1.05. The highest BCUT2D eigenvalue weighted by Crippen LogP contribution is 2.27. The minimum absolute atomic E-state index is 0.990. The summed E-state index contributed by atoms with van der Waals surface area (Å²) in [5.74, 6) is 0.992. The molecular weight excluding hydrogens is 312 g/mol. The Bertz CT molecular complexity index is 373. The minimum atomic E-state index is 0.990. The number of halogens is 1. The largest absolute Gasteiger partial charge is 0.358 e. The zero-order valence-corrected chi connectivity index (χ0v) is 13.8. The molecule has 6 heteroatoms. The Kier molecular flexibility index (Phi) is 6.81. The Morgan fingerprint density at radius 2 is 2.06 bits per heavy atom. The second-order valence-electron chi connectivity index (χ2n) is 4.41. The third-order valence-corrected chi connectivity index (χ3v) is 3.36. The summed E-state index contributed by atoms with van der Waals surface area (Å²) in [6.45, 7) is 2.09. The fourth-order valence-corrected chi connectivity index (χ4v) is 2.35. The van der Waals surface area contributed by atoms with Crippen LogP contribution in [0.3, 0.4) is 0 Å². The summed E-state index contributed by atoms with van der Waals surface area (Å²) in [6, 6.07) is 2.06. The molecule has 0 aliphatic carbocycles. The maximum Gasteiger partial charge on any atom is 0.152 e. The predicted octanol–water partition coefficient (Wildman–Crippen LogP) is 2.92. The molecule has 0 saturated carbocycles. The number of anilines is 2. The molecule has 0 amide bonds. The van der Waals surface area contributed by atoms with Crippen LogP contribution in [0.2, 0.25) is 0 Å². The van der Waals surface area contributed by atoms with E-state index in [1.807, 2.05) is 12.5 Å². The van der Waals surface area contributed by atoms with E-state index in [1.165, 1.54) is 0 Å². The lowest BCUT2D eigenvalue weighted by Gasteiger charge is -2.22. The van der Waals surface area contributed by atoms with Crippen LogP contribution in [0.15, 0.2) is 16.7 Å². The van der Waals surface area contributed by atoms with Gasteiger partial charge < -0.3 is 14.5 Å². The molecule has 4 nitrogen and oxygen atoms in total. The van der Waals surface area contributed by atoms with Crippen LogP contribution in [0.1, 0.15) is 6.42 Å². The maximum atomic E-state index is 4.48. The molecule has 0 spiro atoms. The molecule has 1 heterocycles. The number of nitrogens with zero attached hydrogens (tertiary/aromatic N) is 3. The molecular formula is C12H21BrN4S. The van der Waals surface area contributed by atoms with E-state index in [-0.39, 0.29) is 0 Å². The summed E-state index contributed by atoms with van der Waals surface area (Å²) < 4.78 is 4.26. The molecule has 1 rings (SSSR count). The van der Waals surface area contributed by atoms with Gasteiger partial charge in [-0.25, -0.2) is 4.98 Å². The van der Waals surface area contributed by atoms with E-state index >= 15 is 0 Å². The van der Waals surface area contributed by atoms with Crippen molar-refractivity contribution in [2.45, 2.75) is 6.42 Å². The first-order valence-electron chi connectivity index (χ1n) is 5.85. The number of hydrogen-bond acceptors (Lipinski definition) is 5. The summed E-state index contributed by atoms with van der Waals surface area (Å²) in [7, 11) is 6.27. The standard InChI is InChI=1S/C12H21BrN4S/c1-16(2)6-5-7-17(3)12-11(15-18-4)8-10(13)9-14-12/h8-9,15H,5-7H2,1-4H3. The smallest absolute Gasteiger partial charge is 0.152 e. The number of aromatic nitrogens is 1. The van der Waals surface area contributed by atoms with Crippen molar-refractivity contribution in [1.82, 2.24) is 9.88 Å². The van der Waals surface area contributed by atoms with Crippen molar-refractivity contribution in [3.63, 3.8) is 0 Å². The molecule has 0 aromatic carbocycles. The Hall–Kier alpha value is -0.460. The molecule has 0 atom stereocenters. The van der Waals surface area contributed by atoms with Gasteiger partial charge in [0.05, 0.1) is 5.69 Å². The zero-order valence-electron chi connectivity index (χ0n) is 11.4. The molecule has 102 valence electrons. The maximum absolute atomic E-state index is 4.48. The highest BCUT2D eigenvalue weighted by atomic mass is 79.9. The Labute approximate surface area is 122 Å². The molecule has 1 aromatic heterocycles. The lowest BCUT2D eigenvalue weighted by Crippen LogP contribution is -2.24. The van der Waals surface area contributed by atoms with E-state index in [1.54, 1.807) is 11.9 Å². The van der Waals surface area contributed by atoms with Gasteiger partial charge in [-0.2, -0.15) is 0 Å². The van der Waals surface area contributed by atoms with Crippen molar-refractivity contribution < 1.29 is 0 Å². The predicted molar refractivity (Wildman–Crippen MR) is 85.5 cm³/mol. The molecule has 0 saturated heterocycles. The highest BCUT2D eigenvalue weighted by molar-refractivity contribution is 9.10. The van der Waals surface area contributed by atoms with Crippen LogP contribution < -0.4 is 9.62 Å². The summed E-state index contributed by atoms with van der Waals surface area (Å²) in [4.78, 5) is 8.87. The van der Waals surface area contributed by atoms with Crippen LogP contribution in [0.4, 0.5) is 11.5 Å². The molecule has 1 aromatic rings. The zero-order chi connectivity index (χ0) is 13.5. The van der Waals surface area contributed by atoms with E-state index in [0.29, 0.717) is 0 Å². The monoisotopic (exact) mass is 332 g/mol. The molecule has 0 aliphatic rings. The Morgan fingerprint density at radius 1 is 1.33 bits per heavy atom. The normalized spacial score (nSPS) is 10.8. The number of nitrogens with one attached hydrogen (secondary N) is 1. The minimum Gasteiger partial charge on any atom is -0.358 e. The fourth-order valence-electron chi connectivity index (χ4n) is 1.65. The summed E-state index contributed by atoms with van der Waals surface area (Å²) in [5, 5.41) is 0. The van der Waals surface area contributed by atoms with Gasteiger partial charge in [0.2, 0.25) is 0 Å². The van der Waals surface area contributed by atoms with Gasteiger partial charge in [0, 0.05) is 30.5 Å². The SMILES string of the molecule is CSNc1cc(Br)cnc1N(C)CCCN(C)C. The number of pyridine rings is 1. The van der Waals surface area contributed by atoms with E-state index < -0.39 is 0 Å². The van der Waals surface area contributed by atoms with Gasteiger partial charge in [-0.05, 0) is 49.1 Å². The fraction of sp³-hybridized carbons (Fsp3) is 0.583. The van der Waals surface area contributed by atoms with Gasteiger partial charge in [-0.3, -0.25) is 0 Å². The Balaban J connectivity index is 2.68. The highest BCUT2D eigenvalue weighted by Gasteiger charge is 2.09. The van der Waals surface area contributed by atoms with Crippen LogP contribution >= 0.6 is 27.9 Å². The second-order valence-corrected chi connectivity index (χ2v) is 5.94. The van der Waals surface area contributed by atoms with E-state index in [4.69, 9.17) is 0 Å². The molecule has 1 N–H and O–H groups in total. The van der Waals surface area contributed by atoms with Crippen molar-refractivity contribution in [3.8, 4) is 0 Å². The van der Waals surface area contributed by atoms with Gasteiger partial charge >= 0.3 is 0 Å². The molecule has 0 unspecified atom stereocenters. The van der Waals surface area contributed by atoms with Gasteiger partial charge in [0.1, 0.15) is 0 Å². The van der Waals surface area contributed by atoms with Gasteiger partial charge in [-0.15, -0.1) is 0 Å². The molecule has 0 aliphatic heterocycles. The van der Waals surface area contributed by atoms with E-state index in [0.717, 1.165) is 35.5 Å². The van der Waals surface area contributed by atoms with Crippen molar-refractivity contribution in [1.29, 1.82) is 0 Å². The first kappa shape index (κ1) is 15.6. The first-order valence-corrected chi connectivity index (χ1v) is 7.86. The quantitative estimate of drug-likeness (QED) is 0.776. The van der Waals surface area contributed by atoms with Crippen molar-refractivity contribution >= 4 is 39.4 Å². The second kappa shape index (κ2) is 7.86. The summed E-state index contributed by atoms with van der Waals surface area (Å²) in [6.07, 6.45) is 4.97. The van der Waals surface area contributed by atoms with Crippen molar-refractivity contribution in [2.24, 2.45) is 0 Å². The van der Waals surface area contributed by atoms with Crippen LogP contribution in [-0.2, 0) is 0 Å². The third-order valence-electron chi connectivity index (χ3n) is 2.51. The van der Waals surface area contributed by atoms with Gasteiger partial charge in [0.25, 0.3) is 0 Å².